The SMILES string of the molecule is CCCNC(C)c1csc(C2CCOCC2)n1. The molecule has 2 rings (SSSR count). The number of rotatable bonds is 5. The van der Waals surface area contributed by atoms with Gasteiger partial charge in [0.2, 0.25) is 0 Å². The lowest BCUT2D eigenvalue weighted by Gasteiger charge is -2.19. The number of aromatic nitrogens is 1. The Morgan fingerprint density at radius 2 is 2.29 bits per heavy atom. The average molecular weight is 254 g/mol. The molecular formula is C13H22N2OS. The number of hydrogen-bond donors (Lipinski definition) is 1. The topological polar surface area (TPSA) is 34.1 Å². The van der Waals surface area contributed by atoms with Crippen molar-refractivity contribution in [2.45, 2.75) is 45.1 Å². The maximum absolute atomic E-state index is 5.39. The maximum atomic E-state index is 5.39. The normalized spacial score (nSPS) is 19.4. The molecule has 1 aliphatic rings. The second-order valence-corrected chi connectivity index (χ2v) is 5.56. The van der Waals surface area contributed by atoms with Crippen LogP contribution >= 0.6 is 11.3 Å². The van der Waals surface area contributed by atoms with Gasteiger partial charge >= 0.3 is 0 Å². The van der Waals surface area contributed by atoms with Crippen molar-refractivity contribution in [1.82, 2.24) is 10.3 Å². The van der Waals surface area contributed by atoms with Crippen LogP contribution in [-0.2, 0) is 4.74 Å². The van der Waals surface area contributed by atoms with Gasteiger partial charge in [0.15, 0.2) is 0 Å². The van der Waals surface area contributed by atoms with E-state index in [1.165, 1.54) is 17.1 Å². The van der Waals surface area contributed by atoms with Gasteiger partial charge in [-0.2, -0.15) is 0 Å². The third kappa shape index (κ3) is 3.50. The molecule has 0 amide bonds. The molecule has 1 unspecified atom stereocenters. The van der Waals surface area contributed by atoms with Crippen molar-refractivity contribution in [3.8, 4) is 0 Å². The first-order chi connectivity index (χ1) is 8.31. The summed E-state index contributed by atoms with van der Waals surface area (Å²) in [6.45, 7) is 7.23. The Bertz CT molecular complexity index is 334. The first kappa shape index (κ1) is 13.0. The van der Waals surface area contributed by atoms with Gasteiger partial charge < -0.3 is 10.1 Å². The highest BCUT2D eigenvalue weighted by molar-refractivity contribution is 7.09. The predicted molar refractivity (Wildman–Crippen MR) is 71.6 cm³/mol. The second kappa shape index (κ2) is 6.47. The van der Waals surface area contributed by atoms with Gasteiger partial charge in [0.05, 0.1) is 10.7 Å². The molecule has 96 valence electrons. The molecule has 1 fully saturated rings. The lowest BCUT2D eigenvalue weighted by Crippen LogP contribution is -2.20. The van der Waals surface area contributed by atoms with Crippen LogP contribution in [0.1, 0.15) is 55.8 Å². The van der Waals surface area contributed by atoms with Crippen LogP contribution in [0.3, 0.4) is 0 Å². The van der Waals surface area contributed by atoms with E-state index in [-0.39, 0.29) is 0 Å². The van der Waals surface area contributed by atoms with Gasteiger partial charge in [0.25, 0.3) is 0 Å². The van der Waals surface area contributed by atoms with Gasteiger partial charge in [0.1, 0.15) is 0 Å². The summed E-state index contributed by atoms with van der Waals surface area (Å²) < 4.78 is 5.39. The van der Waals surface area contributed by atoms with Crippen LogP contribution in [0, 0.1) is 0 Å². The third-order valence-corrected chi connectivity index (χ3v) is 4.28. The van der Waals surface area contributed by atoms with Crippen LogP contribution in [0.5, 0.6) is 0 Å². The largest absolute Gasteiger partial charge is 0.381 e. The fourth-order valence-electron chi connectivity index (χ4n) is 2.10. The van der Waals surface area contributed by atoms with Gasteiger partial charge in [0, 0.05) is 30.6 Å². The summed E-state index contributed by atoms with van der Waals surface area (Å²) >= 11 is 1.81. The van der Waals surface area contributed by atoms with Crippen LogP contribution in [0.4, 0.5) is 0 Å². The Morgan fingerprint density at radius 3 is 3.00 bits per heavy atom. The van der Waals surface area contributed by atoms with E-state index in [4.69, 9.17) is 9.72 Å². The molecular weight excluding hydrogens is 232 g/mol. The minimum Gasteiger partial charge on any atom is -0.381 e. The lowest BCUT2D eigenvalue weighted by molar-refractivity contribution is 0.0852. The van der Waals surface area contributed by atoms with E-state index in [9.17, 15) is 0 Å². The Kier molecular flexibility index (Phi) is 4.95. The Labute approximate surface area is 108 Å². The second-order valence-electron chi connectivity index (χ2n) is 4.67. The van der Waals surface area contributed by atoms with Crippen molar-refractivity contribution < 1.29 is 4.74 Å². The molecule has 1 N–H and O–H groups in total. The van der Waals surface area contributed by atoms with E-state index < -0.39 is 0 Å². The van der Waals surface area contributed by atoms with E-state index in [2.05, 4.69) is 24.5 Å². The van der Waals surface area contributed by atoms with Crippen LogP contribution < -0.4 is 5.32 Å². The molecule has 17 heavy (non-hydrogen) atoms. The van der Waals surface area contributed by atoms with Crippen molar-refractivity contribution in [2.75, 3.05) is 19.8 Å². The van der Waals surface area contributed by atoms with Crippen molar-refractivity contribution in [1.29, 1.82) is 0 Å². The summed E-state index contributed by atoms with van der Waals surface area (Å²) in [5.41, 5.74) is 1.20. The van der Waals surface area contributed by atoms with E-state index >= 15 is 0 Å². The number of hydrogen-bond acceptors (Lipinski definition) is 4. The molecule has 0 saturated carbocycles. The zero-order chi connectivity index (χ0) is 12.1. The van der Waals surface area contributed by atoms with Crippen molar-refractivity contribution in [2.24, 2.45) is 0 Å². The highest BCUT2D eigenvalue weighted by Crippen LogP contribution is 2.30. The fraction of sp³-hybridized carbons (Fsp3) is 0.769. The van der Waals surface area contributed by atoms with Gasteiger partial charge in [-0.1, -0.05) is 6.92 Å². The van der Waals surface area contributed by atoms with Gasteiger partial charge in [-0.25, -0.2) is 4.98 Å². The highest BCUT2D eigenvalue weighted by atomic mass is 32.1. The summed E-state index contributed by atoms with van der Waals surface area (Å²) in [7, 11) is 0. The van der Waals surface area contributed by atoms with Crippen molar-refractivity contribution >= 4 is 11.3 Å². The summed E-state index contributed by atoms with van der Waals surface area (Å²) in [4.78, 5) is 4.79. The lowest BCUT2D eigenvalue weighted by atomic mass is 10.0. The van der Waals surface area contributed by atoms with E-state index in [0.29, 0.717) is 12.0 Å². The summed E-state index contributed by atoms with van der Waals surface area (Å²) in [6, 6.07) is 0.375. The Hall–Kier alpha value is -0.450. The number of thiazole rings is 1. The molecule has 0 aliphatic carbocycles. The molecule has 3 nitrogen and oxygen atoms in total. The molecule has 1 atom stereocenters. The Balaban J connectivity index is 1.94. The maximum Gasteiger partial charge on any atom is 0.0961 e. The number of ether oxygens (including phenoxy) is 1. The van der Waals surface area contributed by atoms with Crippen LogP contribution in [0.2, 0.25) is 0 Å². The molecule has 0 aromatic carbocycles. The van der Waals surface area contributed by atoms with Crippen LogP contribution in [-0.4, -0.2) is 24.7 Å². The zero-order valence-corrected chi connectivity index (χ0v) is 11.6. The fourth-order valence-corrected chi connectivity index (χ4v) is 3.18. The number of nitrogens with one attached hydrogen (secondary N) is 1. The first-order valence-electron chi connectivity index (χ1n) is 6.57. The summed E-state index contributed by atoms with van der Waals surface area (Å²) in [5.74, 6) is 0.626. The van der Waals surface area contributed by atoms with E-state index in [1.54, 1.807) is 0 Å². The molecule has 1 saturated heterocycles. The molecule has 1 aromatic heterocycles. The standard InChI is InChI=1S/C13H22N2OS/c1-3-6-14-10(2)12-9-17-13(15-12)11-4-7-16-8-5-11/h9-11,14H,3-8H2,1-2H3. The minimum absolute atomic E-state index is 0.375. The minimum atomic E-state index is 0.375. The molecule has 1 aliphatic heterocycles. The summed E-state index contributed by atoms with van der Waals surface area (Å²) in [5, 5.41) is 6.99. The molecule has 0 radical (unpaired) electrons. The third-order valence-electron chi connectivity index (χ3n) is 3.25. The molecule has 1 aromatic rings. The Morgan fingerprint density at radius 1 is 1.53 bits per heavy atom. The zero-order valence-electron chi connectivity index (χ0n) is 10.7. The molecule has 2 heterocycles. The predicted octanol–water partition coefficient (Wildman–Crippen LogP) is 3.10. The molecule has 4 heteroatoms. The monoisotopic (exact) mass is 254 g/mol. The first-order valence-corrected chi connectivity index (χ1v) is 7.45. The average Bonchev–Trinajstić information content (AvgIpc) is 2.86. The molecule has 0 spiro atoms. The summed E-state index contributed by atoms with van der Waals surface area (Å²) in [6.07, 6.45) is 3.43. The number of nitrogens with zero attached hydrogens (tertiary/aromatic N) is 1. The smallest absolute Gasteiger partial charge is 0.0961 e. The van der Waals surface area contributed by atoms with Gasteiger partial charge in [-0.3, -0.25) is 0 Å². The van der Waals surface area contributed by atoms with Crippen molar-refractivity contribution in [3.05, 3.63) is 16.1 Å². The highest BCUT2D eigenvalue weighted by Gasteiger charge is 2.20. The van der Waals surface area contributed by atoms with Crippen LogP contribution in [0.15, 0.2) is 5.38 Å². The van der Waals surface area contributed by atoms with E-state index in [1.807, 2.05) is 11.3 Å². The molecule has 0 bridgehead atoms. The quantitative estimate of drug-likeness (QED) is 0.876. The van der Waals surface area contributed by atoms with Gasteiger partial charge in [-0.05, 0) is 32.7 Å². The van der Waals surface area contributed by atoms with Crippen molar-refractivity contribution in [3.63, 3.8) is 0 Å². The van der Waals surface area contributed by atoms with E-state index in [0.717, 1.165) is 32.6 Å². The van der Waals surface area contributed by atoms with Crippen LogP contribution in [0.25, 0.3) is 0 Å². The van der Waals surface area contributed by atoms with Gasteiger partial charge in [-0.15, -0.1) is 11.3 Å².